The number of hydrogen-bond donors (Lipinski definition) is 1. The van der Waals surface area contributed by atoms with Gasteiger partial charge in [0.25, 0.3) is 0 Å². The maximum Gasteiger partial charge on any atom is 0.208 e. The van der Waals surface area contributed by atoms with Crippen molar-refractivity contribution in [2.45, 2.75) is 31.8 Å². The molecule has 0 aliphatic carbocycles. The van der Waals surface area contributed by atoms with E-state index in [4.69, 9.17) is 0 Å². The summed E-state index contributed by atoms with van der Waals surface area (Å²) in [6.07, 6.45) is 8.84. The molecule has 0 amide bonds. The van der Waals surface area contributed by atoms with Crippen LogP contribution in [0, 0.1) is 0 Å². The van der Waals surface area contributed by atoms with Gasteiger partial charge in [-0.15, -0.1) is 0 Å². The Morgan fingerprint density at radius 1 is 1.00 bits per heavy atom. The van der Waals surface area contributed by atoms with E-state index in [0.717, 1.165) is 37.2 Å². The van der Waals surface area contributed by atoms with Crippen molar-refractivity contribution in [2.24, 2.45) is 7.05 Å². The molecule has 0 atom stereocenters. The van der Waals surface area contributed by atoms with Crippen LogP contribution in [0.4, 0.5) is 17.6 Å². The van der Waals surface area contributed by atoms with Crippen molar-refractivity contribution >= 4 is 17.6 Å². The van der Waals surface area contributed by atoms with Crippen LogP contribution in [0.1, 0.15) is 24.0 Å². The molecule has 150 valence electrons. The fraction of sp³-hybridized carbons (Fsp3) is 0.409. The van der Waals surface area contributed by atoms with Gasteiger partial charge < -0.3 is 14.8 Å². The van der Waals surface area contributed by atoms with E-state index in [1.165, 1.54) is 36.9 Å². The summed E-state index contributed by atoms with van der Waals surface area (Å²) >= 11 is 0. The molecule has 7 heteroatoms. The molecule has 3 aromatic rings. The molecule has 0 radical (unpaired) electrons. The molecule has 1 saturated heterocycles. The average Bonchev–Trinajstić information content (AvgIpc) is 3.18. The number of benzene rings is 1. The van der Waals surface area contributed by atoms with Crippen LogP contribution in [0.2, 0.25) is 0 Å². The Balaban J connectivity index is 1.21. The lowest BCUT2D eigenvalue weighted by Gasteiger charge is -2.41. The van der Waals surface area contributed by atoms with Crippen molar-refractivity contribution in [3.05, 3.63) is 60.2 Å². The minimum atomic E-state index is 0.659. The van der Waals surface area contributed by atoms with Gasteiger partial charge in [-0.2, -0.15) is 0 Å². The van der Waals surface area contributed by atoms with E-state index in [9.17, 15) is 0 Å². The van der Waals surface area contributed by atoms with Gasteiger partial charge in [0.1, 0.15) is 18.0 Å². The Hall–Kier alpha value is -2.93. The van der Waals surface area contributed by atoms with Gasteiger partial charge in [0.2, 0.25) is 5.95 Å². The van der Waals surface area contributed by atoms with Crippen molar-refractivity contribution in [2.75, 3.05) is 29.9 Å². The first-order valence-corrected chi connectivity index (χ1v) is 10.4. The largest absolute Gasteiger partial charge is 0.356 e. The first kappa shape index (κ1) is 18.1. The Kier molecular flexibility index (Phi) is 4.89. The molecule has 2 aliphatic heterocycles. The van der Waals surface area contributed by atoms with Crippen LogP contribution in [0.25, 0.3) is 0 Å². The third kappa shape index (κ3) is 3.82. The summed E-state index contributed by atoms with van der Waals surface area (Å²) in [6, 6.07) is 11.6. The summed E-state index contributed by atoms with van der Waals surface area (Å²) in [5, 5.41) is 3.27. The smallest absolute Gasteiger partial charge is 0.208 e. The van der Waals surface area contributed by atoms with Gasteiger partial charge in [-0.1, -0.05) is 24.3 Å². The standard InChI is InChI=1S/C22H27N7/c1-27-13-9-23-22(27)26-20-14-21(25-16-24-20)28-11-7-19(8-12-28)29-10-6-17-4-2-3-5-18(17)15-29/h2-5,9,13-14,16,19H,6-8,10-12,15H2,1H3,(H,23,24,25,26). The Morgan fingerprint density at radius 2 is 1.83 bits per heavy atom. The number of aryl methyl sites for hydroxylation is 1. The van der Waals surface area contributed by atoms with Crippen LogP contribution in [-0.4, -0.2) is 50.1 Å². The average molecular weight is 390 g/mol. The molecule has 0 saturated carbocycles. The lowest BCUT2D eigenvalue weighted by atomic mass is 9.95. The third-order valence-corrected chi connectivity index (χ3v) is 6.18. The molecule has 4 heterocycles. The highest BCUT2D eigenvalue weighted by molar-refractivity contribution is 5.54. The quantitative estimate of drug-likeness (QED) is 0.740. The fourth-order valence-corrected chi connectivity index (χ4v) is 4.48. The van der Waals surface area contributed by atoms with E-state index < -0.39 is 0 Å². The van der Waals surface area contributed by atoms with Gasteiger partial charge in [0.15, 0.2) is 0 Å². The molecule has 5 rings (SSSR count). The van der Waals surface area contributed by atoms with Gasteiger partial charge in [0.05, 0.1) is 0 Å². The zero-order valence-corrected chi connectivity index (χ0v) is 16.8. The second kappa shape index (κ2) is 7.83. The molecule has 1 N–H and O–H groups in total. The highest BCUT2D eigenvalue weighted by atomic mass is 15.3. The monoisotopic (exact) mass is 389 g/mol. The lowest BCUT2D eigenvalue weighted by Crippen LogP contribution is -2.46. The van der Waals surface area contributed by atoms with Gasteiger partial charge in [0, 0.05) is 57.7 Å². The maximum absolute atomic E-state index is 4.52. The number of nitrogens with zero attached hydrogens (tertiary/aromatic N) is 6. The minimum absolute atomic E-state index is 0.659. The highest BCUT2D eigenvalue weighted by Gasteiger charge is 2.27. The molecule has 2 aromatic heterocycles. The second-order valence-corrected chi connectivity index (χ2v) is 7.96. The number of aromatic nitrogens is 4. The summed E-state index contributed by atoms with van der Waals surface area (Å²) in [5.41, 5.74) is 3.02. The molecule has 2 aliphatic rings. The Bertz CT molecular complexity index is 975. The number of nitrogens with one attached hydrogen (secondary N) is 1. The Morgan fingerprint density at radius 3 is 2.62 bits per heavy atom. The van der Waals surface area contributed by atoms with Crippen LogP contribution in [0.5, 0.6) is 0 Å². The van der Waals surface area contributed by atoms with Gasteiger partial charge in [-0.25, -0.2) is 15.0 Å². The summed E-state index contributed by atoms with van der Waals surface area (Å²) in [7, 11) is 1.96. The predicted octanol–water partition coefficient (Wildman–Crippen LogP) is 2.98. The van der Waals surface area contributed by atoms with E-state index in [2.05, 4.69) is 54.3 Å². The summed E-state index contributed by atoms with van der Waals surface area (Å²) in [6.45, 7) is 4.32. The summed E-state index contributed by atoms with van der Waals surface area (Å²) in [5.74, 6) is 2.54. The SMILES string of the molecule is Cn1ccnc1Nc1cc(N2CCC(N3CCc4ccccc4C3)CC2)ncn1. The number of anilines is 3. The van der Waals surface area contributed by atoms with Crippen molar-refractivity contribution < 1.29 is 0 Å². The second-order valence-electron chi connectivity index (χ2n) is 7.96. The van der Waals surface area contributed by atoms with E-state index in [1.54, 1.807) is 12.5 Å². The first-order valence-electron chi connectivity index (χ1n) is 10.4. The fourth-order valence-electron chi connectivity index (χ4n) is 4.48. The summed E-state index contributed by atoms with van der Waals surface area (Å²) in [4.78, 5) is 18.2. The highest BCUT2D eigenvalue weighted by Crippen LogP contribution is 2.27. The third-order valence-electron chi connectivity index (χ3n) is 6.18. The normalized spacial score (nSPS) is 17.9. The van der Waals surface area contributed by atoms with Crippen molar-refractivity contribution in [1.82, 2.24) is 24.4 Å². The van der Waals surface area contributed by atoms with Crippen LogP contribution >= 0.6 is 0 Å². The van der Waals surface area contributed by atoms with E-state index in [0.29, 0.717) is 6.04 Å². The van der Waals surface area contributed by atoms with Crippen molar-refractivity contribution in [3.8, 4) is 0 Å². The van der Waals surface area contributed by atoms with Crippen molar-refractivity contribution in [3.63, 3.8) is 0 Å². The molecule has 0 unspecified atom stereocenters. The van der Waals surface area contributed by atoms with Gasteiger partial charge in [-0.3, -0.25) is 4.90 Å². The first-order chi connectivity index (χ1) is 14.3. The molecular formula is C22H27N7. The number of imidazole rings is 1. The van der Waals surface area contributed by atoms with Gasteiger partial charge in [-0.05, 0) is 30.4 Å². The van der Waals surface area contributed by atoms with E-state index in [-0.39, 0.29) is 0 Å². The predicted molar refractivity (Wildman–Crippen MR) is 114 cm³/mol. The molecule has 29 heavy (non-hydrogen) atoms. The minimum Gasteiger partial charge on any atom is -0.356 e. The molecule has 0 bridgehead atoms. The number of fused-ring (bicyclic) bond motifs is 1. The van der Waals surface area contributed by atoms with E-state index in [1.807, 2.05) is 23.9 Å². The molecule has 1 fully saturated rings. The zero-order valence-electron chi connectivity index (χ0n) is 16.8. The zero-order chi connectivity index (χ0) is 19.6. The van der Waals surface area contributed by atoms with Gasteiger partial charge >= 0.3 is 0 Å². The molecule has 7 nitrogen and oxygen atoms in total. The van der Waals surface area contributed by atoms with Crippen LogP contribution < -0.4 is 10.2 Å². The van der Waals surface area contributed by atoms with E-state index >= 15 is 0 Å². The topological polar surface area (TPSA) is 62.1 Å². The molecule has 0 spiro atoms. The number of hydrogen-bond acceptors (Lipinski definition) is 6. The van der Waals surface area contributed by atoms with Crippen LogP contribution in [0.15, 0.2) is 49.1 Å². The van der Waals surface area contributed by atoms with Crippen LogP contribution in [0.3, 0.4) is 0 Å². The lowest BCUT2D eigenvalue weighted by molar-refractivity contribution is 0.153. The van der Waals surface area contributed by atoms with Crippen LogP contribution in [-0.2, 0) is 20.0 Å². The number of rotatable bonds is 4. The Labute approximate surface area is 171 Å². The number of piperidine rings is 1. The van der Waals surface area contributed by atoms with Crippen molar-refractivity contribution in [1.29, 1.82) is 0 Å². The molecule has 1 aromatic carbocycles. The summed E-state index contributed by atoms with van der Waals surface area (Å²) < 4.78 is 1.93. The molecular weight excluding hydrogens is 362 g/mol. The maximum atomic E-state index is 4.52.